The Morgan fingerprint density at radius 1 is 1.32 bits per heavy atom. The summed E-state index contributed by atoms with van der Waals surface area (Å²) >= 11 is 0. The second-order valence-electron chi connectivity index (χ2n) is 5.54. The van der Waals surface area contributed by atoms with Gasteiger partial charge < -0.3 is 14.8 Å². The third-order valence-electron chi connectivity index (χ3n) is 3.85. The number of hydrogen-bond donors (Lipinski definition) is 1. The molecule has 0 amide bonds. The van der Waals surface area contributed by atoms with Crippen molar-refractivity contribution in [1.29, 1.82) is 0 Å². The lowest BCUT2D eigenvalue weighted by atomic mass is 10.0. The number of nitrogens with zero attached hydrogens (tertiary/aromatic N) is 3. The Morgan fingerprint density at radius 2 is 2.12 bits per heavy atom. The molecule has 0 spiro atoms. The van der Waals surface area contributed by atoms with Gasteiger partial charge in [0.25, 0.3) is 0 Å². The summed E-state index contributed by atoms with van der Waals surface area (Å²) in [5.41, 5.74) is 2.24. The van der Waals surface area contributed by atoms with Crippen LogP contribution in [0.1, 0.15) is 18.5 Å². The van der Waals surface area contributed by atoms with Crippen LogP contribution in [-0.4, -0.2) is 41.1 Å². The number of rotatable bonds is 6. The molecule has 0 aliphatic carbocycles. The Kier molecular flexibility index (Phi) is 5.25. The van der Waals surface area contributed by atoms with Crippen LogP contribution in [0.5, 0.6) is 0 Å². The Morgan fingerprint density at radius 3 is 2.88 bits per heavy atom. The molecule has 1 aliphatic heterocycles. The molecule has 0 bridgehead atoms. The van der Waals surface area contributed by atoms with E-state index in [0.29, 0.717) is 23.8 Å². The third kappa shape index (κ3) is 3.77. The first-order chi connectivity index (χ1) is 12.2. The normalized spacial score (nSPS) is 16.6. The van der Waals surface area contributed by atoms with Crippen molar-refractivity contribution in [2.75, 3.05) is 25.6 Å². The van der Waals surface area contributed by atoms with Crippen LogP contribution in [-0.2, 0) is 14.3 Å². The summed E-state index contributed by atoms with van der Waals surface area (Å²) in [5, 5.41) is 7.33. The second-order valence-corrected chi connectivity index (χ2v) is 5.54. The number of benzene rings is 1. The highest BCUT2D eigenvalue weighted by Gasteiger charge is 2.31. The molecule has 3 rings (SSSR count). The van der Waals surface area contributed by atoms with E-state index in [9.17, 15) is 4.79 Å². The summed E-state index contributed by atoms with van der Waals surface area (Å²) in [6.07, 6.45) is 5.33. The Hall–Kier alpha value is -2.93. The standard InChI is InChI=1S/C18H20N4O3/c1-13-16(17(23)25-11-10-24-2)15(22-18(21-13)19-12-20-22)9-8-14-6-4-3-5-7-14/h3-9,12,15H,10-11H2,1-2H3,(H,19,20,21)/b9-8+. The van der Waals surface area contributed by atoms with E-state index in [1.54, 1.807) is 11.8 Å². The molecule has 2 heterocycles. The van der Waals surface area contributed by atoms with Crippen molar-refractivity contribution in [3.05, 3.63) is 59.6 Å². The molecule has 1 aliphatic rings. The van der Waals surface area contributed by atoms with Crippen LogP contribution in [0.3, 0.4) is 0 Å². The number of allylic oxidation sites excluding steroid dienone is 2. The Balaban J connectivity index is 1.90. The lowest BCUT2D eigenvalue weighted by Crippen LogP contribution is -2.28. The molecule has 2 aromatic rings. The average molecular weight is 340 g/mol. The number of esters is 1. The summed E-state index contributed by atoms with van der Waals surface area (Å²) in [4.78, 5) is 16.7. The first-order valence-corrected chi connectivity index (χ1v) is 7.97. The van der Waals surface area contributed by atoms with Gasteiger partial charge in [-0.25, -0.2) is 9.48 Å². The molecule has 7 nitrogen and oxygen atoms in total. The van der Waals surface area contributed by atoms with Crippen LogP contribution in [0, 0.1) is 0 Å². The summed E-state index contributed by atoms with van der Waals surface area (Å²) in [5.74, 6) is 0.194. The van der Waals surface area contributed by atoms with E-state index in [4.69, 9.17) is 9.47 Å². The predicted octanol–water partition coefficient (Wildman–Crippen LogP) is 2.42. The molecule has 0 radical (unpaired) electrons. The van der Waals surface area contributed by atoms with Crippen LogP contribution in [0.15, 0.2) is 54.0 Å². The highest BCUT2D eigenvalue weighted by atomic mass is 16.6. The molecule has 0 fully saturated rings. The molecule has 25 heavy (non-hydrogen) atoms. The third-order valence-corrected chi connectivity index (χ3v) is 3.85. The molecular weight excluding hydrogens is 320 g/mol. The molecule has 1 N–H and O–H groups in total. The van der Waals surface area contributed by atoms with Crippen molar-refractivity contribution in [1.82, 2.24) is 14.8 Å². The van der Waals surface area contributed by atoms with Crippen molar-refractivity contribution < 1.29 is 14.3 Å². The monoisotopic (exact) mass is 340 g/mol. The second kappa shape index (κ2) is 7.76. The van der Waals surface area contributed by atoms with Gasteiger partial charge >= 0.3 is 5.97 Å². The fourth-order valence-corrected chi connectivity index (χ4v) is 2.64. The first kappa shape index (κ1) is 16.9. The van der Waals surface area contributed by atoms with Gasteiger partial charge in [-0.3, -0.25) is 0 Å². The molecule has 130 valence electrons. The van der Waals surface area contributed by atoms with Gasteiger partial charge in [0, 0.05) is 12.8 Å². The maximum atomic E-state index is 12.6. The summed E-state index contributed by atoms with van der Waals surface area (Å²) < 4.78 is 11.9. The van der Waals surface area contributed by atoms with Crippen LogP contribution >= 0.6 is 0 Å². The highest BCUT2D eigenvalue weighted by molar-refractivity contribution is 5.92. The topological polar surface area (TPSA) is 78.3 Å². The van der Waals surface area contributed by atoms with E-state index in [1.165, 1.54) is 6.33 Å². The Bertz CT molecular complexity index is 796. The molecule has 1 aromatic carbocycles. The average Bonchev–Trinajstić information content (AvgIpc) is 3.08. The molecule has 1 aromatic heterocycles. The zero-order valence-electron chi connectivity index (χ0n) is 14.2. The largest absolute Gasteiger partial charge is 0.460 e. The van der Waals surface area contributed by atoms with Crippen molar-refractivity contribution >= 4 is 18.0 Å². The van der Waals surface area contributed by atoms with Gasteiger partial charge in [-0.05, 0) is 12.5 Å². The summed E-state index contributed by atoms with van der Waals surface area (Å²) in [6.45, 7) is 2.38. The number of ether oxygens (including phenoxy) is 2. The Labute approximate surface area is 146 Å². The van der Waals surface area contributed by atoms with Gasteiger partial charge in [-0.15, -0.1) is 0 Å². The van der Waals surface area contributed by atoms with Crippen molar-refractivity contribution in [3.63, 3.8) is 0 Å². The molecule has 0 saturated carbocycles. The van der Waals surface area contributed by atoms with Crippen LogP contribution in [0.2, 0.25) is 0 Å². The van der Waals surface area contributed by atoms with E-state index < -0.39 is 12.0 Å². The quantitative estimate of drug-likeness (QED) is 0.643. The molecule has 1 unspecified atom stereocenters. The molecule has 7 heteroatoms. The number of hydrogen-bond acceptors (Lipinski definition) is 6. The molecular formula is C18H20N4O3. The minimum atomic E-state index is -0.397. The van der Waals surface area contributed by atoms with Crippen LogP contribution < -0.4 is 5.32 Å². The first-order valence-electron chi connectivity index (χ1n) is 7.97. The van der Waals surface area contributed by atoms with Crippen LogP contribution in [0.25, 0.3) is 6.08 Å². The SMILES string of the molecule is COCCOC(=O)C1=C(C)Nc2ncnn2C1/C=C/c1ccccc1. The van der Waals surface area contributed by atoms with Gasteiger partial charge in [-0.2, -0.15) is 10.1 Å². The molecule has 1 atom stereocenters. The minimum Gasteiger partial charge on any atom is -0.460 e. The zero-order chi connectivity index (χ0) is 17.6. The van der Waals surface area contributed by atoms with Gasteiger partial charge in [0.15, 0.2) is 0 Å². The van der Waals surface area contributed by atoms with E-state index in [-0.39, 0.29) is 6.61 Å². The minimum absolute atomic E-state index is 0.200. The van der Waals surface area contributed by atoms with Gasteiger partial charge in [0.05, 0.1) is 12.2 Å². The fourth-order valence-electron chi connectivity index (χ4n) is 2.64. The van der Waals surface area contributed by atoms with E-state index in [1.807, 2.05) is 49.4 Å². The fraction of sp³-hybridized carbons (Fsp3) is 0.278. The summed E-state index contributed by atoms with van der Waals surface area (Å²) in [7, 11) is 1.56. The van der Waals surface area contributed by atoms with Crippen molar-refractivity contribution in [2.24, 2.45) is 0 Å². The number of aromatic nitrogens is 3. The van der Waals surface area contributed by atoms with Gasteiger partial charge in [0.2, 0.25) is 5.95 Å². The summed E-state index contributed by atoms with van der Waals surface area (Å²) in [6, 6.07) is 9.47. The van der Waals surface area contributed by atoms with E-state index in [2.05, 4.69) is 15.4 Å². The maximum Gasteiger partial charge on any atom is 0.338 e. The highest BCUT2D eigenvalue weighted by Crippen LogP contribution is 2.31. The van der Waals surface area contributed by atoms with Gasteiger partial charge in [0.1, 0.15) is 19.0 Å². The number of methoxy groups -OCH3 is 1. The van der Waals surface area contributed by atoms with E-state index >= 15 is 0 Å². The molecule has 0 saturated heterocycles. The van der Waals surface area contributed by atoms with Crippen molar-refractivity contribution in [2.45, 2.75) is 13.0 Å². The number of carbonyl (C=O) groups excluding carboxylic acids is 1. The van der Waals surface area contributed by atoms with E-state index in [0.717, 1.165) is 5.56 Å². The smallest absolute Gasteiger partial charge is 0.338 e. The number of carbonyl (C=O) groups is 1. The van der Waals surface area contributed by atoms with Gasteiger partial charge in [-0.1, -0.05) is 42.5 Å². The maximum absolute atomic E-state index is 12.6. The number of nitrogens with one attached hydrogen (secondary N) is 1. The number of fused-ring (bicyclic) bond motifs is 1. The predicted molar refractivity (Wildman–Crippen MR) is 93.7 cm³/mol. The van der Waals surface area contributed by atoms with Crippen molar-refractivity contribution in [3.8, 4) is 0 Å². The lowest BCUT2D eigenvalue weighted by molar-refractivity contribution is -0.140. The zero-order valence-corrected chi connectivity index (χ0v) is 14.2. The number of anilines is 1. The lowest BCUT2D eigenvalue weighted by Gasteiger charge is -2.25. The van der Waals surface area contributed by atoms with Crippen LogP contribution in [0.4, 0.5) is 5.95 Å².